The van der Waals surface area contributed by atoms with E-state index in [2.05, 4.69) is 17.6 Å². The summed E-state index contributed by atoms with van der Waals surface area (Å²) in [6.45, 7) is 6.69. The van der Waals surface area contributed by atoms with Gasteiger partial charge in [-0.2, -0.15) is 0 Å². The first-order valence-corrected chi connectivity index (χ1v) is 8.15. The Morgan fingerprint density at radius 2 is 1.96 bits per heavy atom. The van der Waals surface area contributed by atoms with Crippen molar-refractivity contribution in [3.8, 4) is 5.75 Å². The van der Waals surface area contributed by atoms with Crippen LogP contribution in [0.4, 0.5) is 0 Å². The van der Waals surface area contributed by atoms with Gasteiger partial charge in [0.15, 0.2) is 5.11 Å². The fourth-order valence-corrected chi connectivity index (χ4v) is 2.67. The third-order valence-corrected chi connectivity index (χ3v) is 3.67. The number of thiocarbonyl (C=S) groups is 1. The molecule has 23 heavy (non-hydrogen) atoms. The Morgan fingerprint density at radius 1 is 1.26 bits per heavy atom. The number of rotatable bonds is 6. The molecule has 1 aliphatic heterocycles. The van der Waals surface area contributed by atoms with Crippen LogP contribution >= 0.6 is 12.2 Å². The third-order valence-electron chi connectivity index (χ3n) is 3.45. The highest BCUT2D eigenvalue weighted by molar-refractivity contribution is 7.80. The van der Waals surface area contributed by atoms with Crippen molar-refractivity contribution in [1.29, 1.82) is 0 Å². The molecule has 1 heterocycles. The van der Waals surface area contributed by atoms with Crippen molar-refractivity contribution in [2.24, 2.45) is 0 Å². The molecule has 1 aromatic carbocycles. The van der Waals surface area contributed by atoms with Crippen LogP contribution in [0.15, 0.2) is 35.5 Å². The number of carbonyl (C=O) groups is 1. The number of nitrogens with one attached hydrogen (secondary N) is 2. The van der Waals surface area contributed by atoms with Gasteiger partial charge in [-0.25, -0.2) is 4.79 Å². The lowest BCUT2D eigenvalue weighted by molar-refractivity contribution is -0.139. The van der Waals surface area contributed by atoms with Gasteiger partial charge in [0.1, 0.15) is 5.75 Å². The van der Waals surface area contributed by atoms with E-state index in [0.717, 1.165) is 17.7 Å². The zero-order chi connectivity index (χ0) is 16.8. The van der Waals surface area contributed by atoms with E-state index < -0.39 is 0 Å². The van der Waals surface area contributed by atoms with Gasteiger partial charge in [-0.1, -0.05) is 19.1 Å². The molecule has 5 nitrogen and oxygen atoms in total. The van der Waals surface area contributed by atoms with Gasteiger partial charge in [0, 0.05) is 5.70 Å². The third kappa shape index (κ3) is 4.22. The summed E-state index contributed by atoms with van der Waals surface area (Å²) < 4.78 is 10.8. The summed E-state index contributed by atoms with van der Waals surface area (Å²) in [5.41, 5.74) is 2.19. The fourth-order valence-electron chi connectivity index (χ4n) is 2.40. The van der Waals surface area contributed by atoms with Gasteiger partial charge >= 0.3 is 5.97 Å². The highest BCUT2D eigenvalue weighted by Gasteiger charge is 2.30. The molecule has 0 unspecified atom stereocenters. The van der Waals surface area contributed by atoms with Gasteiger partial charge in [-0.15, -0.1) is 0 Å². The van der Waals surface area contributed by atoms with Crippen LogP contribution in [0.1, 0.15) is 38.8 Å². The number of esters is 1. The van der Waals surface area contributed by atoms with Crippen molar-refractivity contribution in [3.05, 3.63) is 41.1 Å². The molecule has 0 fully saturated rings. The molecule has 0 saturated carbocycles. The number of allylic oxidation sites excluding steroid dienone is 1. The number of benzene rings is 1. The Bertz CT molecular complexity index is 611. The van der Waals surface area contributed by atoms with E-state index in [0.29, 0.717) is 29.6 Å². The highest BCUT2D eigenvalue weighted by Crippen LogP contribution is 2.28. The minimum absolute atomic E-state index is 0.330. The molecule has 0 aliphatic carbocycles. The summed E-state index contributed by atoms with van der Waals surface area (Å²) in [6.07, 6.45) is 0.959. The zero-order valence-corrected chi connectivity index (χ0v) is 14.5. The van der Waals surface area contributed by atoms with Gasteiger partial charge < -0.3 is 20.1 Å². The summed E-state index contributed by atoms with van der Waals surface area (Å²) >= 11 is 5.21. The molecule has 0 aromatic heterocycles. The molecule has 2 rings (SSSR count). The van der Waals surface area contributed by atoms with Crippen LogP contribution in [-0.4, -0.2) is 24.3 Å². The maximum Gasteiger partial charge on any atom is 0.338 e. The van der Waals surface area contributed by atoms with E-state index in [1.165, 1.54) is 0 Å². The molecule has 0 amide bonds. The first-order valence-electron chi connectivity index (χ1n) is 7.75. The van der Waals surface area contributed by atoms with E-state index in [4.69, 9.17) is 21.7 Å². The number of carbonyl (C=O) groups excluding carboxylic acids is 1. The topological polar surface area (TPSA) is 59.6 Å². The molecule has 1 aromatic rings. The molecule has 124 valence electrons. The summed E-state index contributed by atoms with van der Waals surface area (Å²) in [5.74, 6) is 0.467. The van der Waals surface area contributed by atoms with E-state index in [9.17, 15) is 4.79 Å². The maximum absolute atomic E-state index is 12.3. The Hall–Kier alpha value is -2.08. The summed E-state index contributed by atoms with van der Waals surface area (Å²) in [5, 5.41) is 6.61. The van der Waals surface area contributed by atoms with Crippen molar-refractivity contribution in [2.45, 2.75) is 33.2 Å². The van der Waals surface area contributed by atoms with Crippen molar-refractivity contribution >= 4 is 23.3 Å². The lowest BCUT2D eigenvalue weighted by atomic mass is 9.95. The Morgan fingerprint density at radius 3 is 2.57 bits per heavy atom. The molecule has 0 bridgehead atoms. The minimum Gasteiger partial charge on any atom is -0.494 e. The zero-order valence-electron chi connectivity index (χ0n) is 13.6. The molecule has 1 atom stereocenters. The first kappa shape index (κ1) is 17.3. The number of ether oxygens (including phenoxy) is 2. The SMILES string of the molecule is CCCOc1ccc([C@@H]2NC(=S)NC(C)=C2C(=O)OCC)cc1. The normalized spacial score (nSPS) is 17.3. The van der Waals surface area contributed by atoms with Crippen molar-refractivity contribution in [2.75, 3.05) is 13.2 Å². The van der Waals surface area contributed by atoms with Crippen LogP contribution in [0.3, 0.4) is 0 Å². The van der Waals surface area contributed by atoms with E-state index in [1.54, 1.807) is 6.92 Å². The quantitative estimate of drug-likeness (QED) is 0.616. The van der Waals surface area contributed by atoms with Crippen molar-refractivity contribution in [1.82, 2.24) is 10.6 Å². The fraction of sp³-hybridized carbons (Fsp3) is 0.412. The number of hydrogen-bond acceptors (Lipinski definition) is 4. The van der Waals surface area contributed by atoms with E-state index >= 15 is 0 Å². The summed E-state index contributed by atoms with van der Waals surface area (Å²) in [6, 6.07) is 7.33. The standard InChI is InChI=1S/C17H22N2O3S/c1-4-10-22-13-8-6-12(7-9-13)15-14(16(20)21-5-2)11(3)18-17(23)19-15/h6-9,15H,4-5,10H2,1-3H3,(H2,18,19,23)/t15-/m0/s1. The predicted molar refractivity (Wildman–Crippen MR) is 93.2 cm³/mol. The number of hydrogen-bond donors (Lipinski definition) is 2. The molecule has 0 saturated heterocycles. The summed E-state index contributed by atoms with van der Waals surface area (Å²) in [4.78, 5) is 12.3. The second-order valence-corrected chi connectivity index (χ2v) is 5.62. The van der Waals surface area contributed by atoms with Crippen LogP contribution in [0.2, 0.25) is 0 Å². The van der Waals surface area contributed by atoms with Gasteiger partial charge in [0.2, 0.25) is 0 Å². The Labute approximate surface area is 142 Å². The molecule has 0 spiro atoms. The van der Waals surface area contributed by atoms with Gasteiger partial charge in [0.25, 0.3) is 0 Å². The van der Waals surface area contributed by atoms with Gasteiger partial charge in [-0.3, -0.25) is 0 Å². The lowest BCUT2D eigenvalue weighted by Gasteiger charge is -2.29. The molecular formula is C17H22N2O3S. The molecule has 6 heteroatoms. The Kier molecular flexibility index (Phi) is 5.98. The molecule has 2 N–H and O–H groups in total. The van der Waals surface area contributed by atoms with Crippen LogP contribution < -0.4 is 15.4 Å². The lowest BCUT2D eigenvalue weighted by Crippen LogP contribution is -2.45. The van der Waals surface area contributed by atoms with Gasteiger partial charge in [-0.05, 0) is 50.2 Å². The summed E-state index contributed by atoms with van der Waals surface area (Å²) in [7, 11) is 0. The van der Waals surface area contributed by atoms with Crippen LogP contribution in [0.5, 0.6) is 5.75 Å². The first-order chi connectivity index (χ1) is 11.1. The van der Waals surface area contributed by atoms with Crippen LogP contribution in [0.25, 0.3) is 0 Å². The highest BCUT2D eigenvalue weighted by atomic mass is 32.1. The van der Waals surface area contributed by atoms with E-state index in [1.807, 2.05) is 31.2 Å². The molecule has 0 radical (unpaired) electrons. The minimum atomic E-state index is -0.344. The second kappa shape index (κ2) is 7.97. The largest absolute Gasteiger partial charge is 0.494 e. The smallest absolute Gasteiger partial charge is 0.338 e. The Balaban J connectivity index is 2.28. The van der Waals surface area contributed by atoms with Crippen LogP contribution in [0, 0.1) is 0 Å². The maximum atomic E-state index is 12.3. The average molecular weight is 334 g/mol. The molecule has 1 aliphatic rings. The molecular weight excluding hydrogens is 312 g/mol. The second-order valence-electron chi connectivity index (χ2n) is 5.21. The van der Waals surface area contributed by atoms with E-state index in [-0.39, 0.29) is 12.0 Å². The monoisotopic (exact) mass is 334 g/mol. The van der Waals surface area contributed by atoms with Gasteiger partial charge in [0.05, 0.1) is 24.8 Å². The predicted octanol–water partition coefficient (Wildman–Crippen LogP) is 2.83. The average Bonchev–Trinajstić information content (AvgIpc) is 2.52. The van der Waals surface area contributed by atoms with Crippen molar-refractivity contribution < 1.29 is 14.3 Å². The van der Waals surface area contributed by atoms with Crippen LogP contribution in [-0.2, 0) is 9.53 Å². The van der Waals surface area contributed by atoms with Crippen molar-refractivity contribution in [3.63, 3.8) is 0 Å².